The Bertz CT molecular complexity index is 1390. The third-order valence-corrected chi connectivity index (χ3v) is 7.51. The lowest BCUT2D eigenvalue weighted by Crippen LogP contribution is -2.37. The third kappa shape index (κ3) is 6.84. The van der Waals surface area contributed by atoms with Crippen LogP contribution in [-0.2, 0) is 16.1 Å². The summed E-state index contributed by atoms with van der Waals surface area (Å²) in [6.45, 7) is 6.75. The Morgan fingerprint density at radius 2 is 2.00 bits per heavy atom. The minimum absolute atomic E-state index is 0.186. The van der Waals surface area contributed by atoms with Crippen molar-refractivity contribution >= 4 is 35.0 Å². The molecule has 1 fully saturated rings. The summed E-state index contributed by atoms with van der Waals surface area (Å²) in [5, 5.41) is 10.4. The van der Waals surface area contributed by atoms with Crippen molar-refractivity contribution < 1.29 is 22.7 Å². The molecule has 1 aliphatic heterocycles. The van der Waals surface area contributed by atoms with Gasteiger partial charge in [0.15, 0.2) is 11.6 Å². The van der Waals surface area contributed by atoms with Gasteiger partial charge in [0.05, 0.1) is 42.4 Å². The van der Waals surface area contributed by atoms with Crippen LogP contribution in [0, 0.1) is 11.8 Å². The van der Waals surface area contributed by atoms with Crippen molar-refractivity contribution in [1.29, 1.82) is 0 Å². The van der Waals surface area contributed by atoms with Crippen LogP contribution >= 0.6 is 0 Å². The fraction of sp³-hybridized carbons (Fsp3) is 0.448. The minimum atomic E-state index is -4.34. The molecule has 2 aliphatic rings. The number of amides is 1. The molecule has 1 saturated carbocycles. The molecule has 1 aromatic carbocycles. The van der Waals surface area contributed by atoms with Crippen LogP contribution in [-0.4, -0.2) is 41.0 Å². The summed E-state index contributed by atoms with van der Waals surface area (Å²) in [6.07, 6.45) is 2.30. The van der Waals surface area contributed by atoms with Crippen LogP contribution in [0.1, 0.15) is 58.3 Å². The third-order valence-electron chi connectivity index (χ3n) is 7.51. The molecule has 2 heterocycles. The van der Waals surface area contributed by atoms with Gasteiger partial charge in [-0.05, 0) is 50.3 Å². The van der Waals surface area contributed by atoms with E-state index in [4.69, 9.17) is 20.6 Å². The van der Waals surface area contributed by atoms with E-state index in [1.807, 2.05) is 19.1 Å². The quantitative estimate of drug-likeness (QED) is 0.205. The van der Waals surface area contributed by atoms with Crippen LogP contribution in [0.2, 0.25) is 0 Å². The Morgan fingerprint density at radius 3 is 2.60 bits per heavy atom. The number of aromatic nitrogens is 2. The van der Waals surface area contributed by atoms with Crippen LogP contribution in [0.25, 0.3) is 5.57 Å². The number of hydrogen-bond acceptors (Lipinski definition) is 9. The molecule has 13 heteroatoms. The van der Waals surface area contributed by atoms with Gasteiger partial charge in [-0.1, -0.05) is 32.1 Å². The van der Waals surface area contributed by atoms with Crippen molar-refractivity contribution in [2.45, 2.75) is 65.2 Å². The number of aliphatic imine (C=N–C) groups is 1. The number of hydrogen-bond donors (Lipinski definition) is 4. The zero-order valence-corrected chi connectivity index (χ0v) is 24.3. The number of benzene rings is 1. The van der Waals surface area contributed by atoms with Crippen LogP contribution in [0.3, 0.4) is 0 Å². The fourth-order valence-corrected chi connectivity index (χ4v) is 4.70. The summed E-state index contributed by atoms with van der Waals surface area (Å²) in [5.74, 6) is 5.97. The largest absolute Gasteiger partial charge is 0.482 e. The van der Waals surface area contributed by atoms with Crippen molar-refractivity contribution in [2.24, 2.45) is 22.7 Å². The normalized spacial score (nSPS) is 19.7. The Kier molecular flexibility index (Phi) is 9.09. The Hall–Kier alpha value is -4.13. The standard InChI is InChI=1S/C29H37F3N8O2/c1-6-23(41)38-22-15-35-26(24-27(42-5)36-16-37-28(24,4)20-9-10-20)39-25(22)34-14-19-7-11-21(12-8-19)40(33)18(3)13-17(2)29(30,31)32/h7-8,11-13,15-17,20H,6,9-10,14,33H2,1-5H3,(H,36,37)(H,38,41)(H,34,35,39)/b18-13-. The molecule has 1 aromatic heterocycles. The maximum atomic E-state index is 13.0. The SMILES string of the molecule is CCC(=O)Nc1cnc(C2=C(OC)NC=NC2(C)C2CC2)nc1NCc1ccc(N(N)/C(C)=C\C(C)C(F)(F)F)cc1. The number of alkyl halides is 3. The molecule has 0 radical (unpaired) electrons. The van der Waals surface area contributed by atoms with Gasteiger partial charge in [0.1, 0.15) is 5.69 Å². The molecule has 226 valence electrons. The average molecular weight is 587 g/mol. The zero-order chi connectivity index (χ0) is 30.7. The fourth-order valence-electron chi connectivity index (χ4n) is 4.70. The molecular formula is C29H37F3N8O2. The van der Waals surface area contributed by atoms with E-state index in [1.165, 1.54) is 11.9 Å². The number of carbonyl (C=O) groups is 1. The highest BCUT2D eigenvalue weighted by Gasteiger charge is 2.48. The van der Waals surface area contributed by atoms with Gasteiger partial charge in [0, 0.05) is 18.7 Å². The number of allylic oxidation sites excluding steroid dienone is 2. The number of nitrogens with two attached hydrogens (primary N) is 1. The molecule has 0 spiro atoms. The van der Waals surface area contributed by atoms with Crippen molar-refractivity contribution in [2.75, 3.05) is 22.8 Å². The maximum absolute atomic E-state index is 13.0. The molecule has 2 aromatic rings. The number of hydrazine groups is 1. The van der Waals surface area contributed by atoms with E-state index in [0.29, 0.717) is 41.4 Å². The van der Waals surface area contributed by atoms with E-state index in [2.05, 4.69) is 20.9 Å². The molecule has 5 N–H and O–H groups in total. The lowest BCUT2D eigenvalue weighted by molar-refractivity contribution is -0.156. The van der Waals surface area contributed by atoms with Crippen LogP contribution in [0.15, 0.2) is 53.1 Å². The average Bonchev–Trinajstić information content (AvgIpc) is 3.82. The minimum Gasteiger partial charge on any atom is -0.482 e. The highest BCUT2D eigenvalue weighted by molar-refractivity contribution is 5.93. The van der Waals surface area contributed by atoms with Gasteiger partial charge in [-0.3, -0.25) is 14.8 Å². The number of anilines is 3. The molecule has 1 amide bonds. The van der Waals surface area contributed by atoms with Crippen molar-refractivity contribution in [3.63, 3.8) is 0 Å². The van der Waals surface area contributed by atoms with Gasteiger partial charge in [0.2, 0.25) is 11.8 Å². The van der Waals surface area contributed by atoms with E-state index in [0.717, 1.165) is 37.0 Å². The first-order chi connectivity index (χ1) is 19.9. The van der Waals surface area contributed by atoms with E-state index >= 15 is 0 Å². The molecule has 10 nitrogen and oxygen atoms in total. The lowest BCUT2D eigenvalue weighted by Gasteiger charge is -2.32. The highest BCUT2D eigenvalue weighted by atomic mass is 19.4. The van der Waals surface area contributed by atoms with Gasteiger partial charge >= 0.3 is 6.18 Å². The van der Waals surface area contributed by atoms with Gasteiger partial charge in [-0.25, -0.2) is 15.8 Å². The van der Waals surface area contributed by atoms with Gasteiger partial charge < -0.3 is 20.7 Å². The van der Waals surface area contributed by atoms with Crippen LogP contribution in [0.4, 0.5) is 30.4 Å². The first kappa shape index (κ1) is 30.8. The molecule has 42 heavy (non-hydrogen) atoms. The second-order valence-corrected chi connectivity index (χ2v) is 10.6. The highest BCUT2D eigenvalue weighted by Crippen LogP contribution is 2.50. The number of nitrogens with one attached hydrogen (secondary N) is 3. The van der Waals surface area contributed by atoms with Crippen LogP contribution in [0.5, 0.6) is 0 Å². The Morgan fingerprint density at radius 1 is 1.31 bits per heavy atom. The topological polar surface area (TPSA) is 130 Å². The molecule has 0 saturated heterocycles. The number of methoxy groups -OCH3 is 1. The summed E-state index contributed by atoms with van der Waals surface area (Å²) in [7, 11) is 1.57. The number of carbonyl (C=O) groups excluding carboxylic acids is 1. The van der Waals surface area contributed by atoms with E-state index in [1.54, 1.807) is 38.7 Å². The molecule has 0 bridgehead atoms. The molecule has 4 rings (SSSR count). The molecule has 2 unspecified atom stereocenters. The van der Waals surface area contributed by atoms with Crippen molar-refractivity contribution in [1.82, 2.24) is 15.3 Å². The predicted molar refractivity (Wildman–Crippen MR) is 157 cm³/mol. The first-order valence-corrected chi connectivity index (χ1v) is 13.8. The van der Waals surface area contributed by atoms with Crippen molar-refractivity contribution in [3.8, 4) is 0 Å². The Labute approximate surface area is 243 Å². The van der Waals surface area contributed by atoms with Gasteiger partial charge in [-0.15, -0.1) is 0 Å². The lowest BCUT2D eigenvalue weighted by atomic mass is 9.86. The zero-order valence-electron chi connectivity index (χ0n) is 24.3. The number of halogens is 3. The second-order valence-electron chi connectivity index (χ2n) is 10.6. The van der Waals surface area contributed by atoms with Crippen molar-refractivity contribution in [3.05, 3.63) is 59.5 Å². The smallest absolute Gasteiger partial charge is 0.394 e. The second kappa shape index (κ2) is 12.4. The number of nitrogens with zero attached hydrogens (tertiary/aromatic N) is 4. The summed E-state index contributed by atoms with van der Waals surface area (Å²) < 4.78 is 44.5. The molecular weight excluding hydrogens is 549 g/mol. The van der Waals surface area contributed by atoms with Gasteiger partial charge in [0.25, 0.3) is 0 Å². The predicted octanol–water partition coefficient (Wildman–Crippen LogP) is 5.33. The number of ether oxygens (including phenoxy) is 1. The van der Waals surface area contributed by atoms with Gasteiger partial charge in [-0.2, -0.15) is 13.2 Å². The number of rotatable bonds is 11. The summed E-state index contributed by atoms with van der Waals surface area (Å²) in [6, 6.07) is 7.07. The molecule has 2 atom stereocenters. The van der Waals surface area contributed by atoms with Crippen LogP contribution < -0.4 is 26.8 Å². The Balaban J connectivity index is 1.57. The van der Waals surface area contributed by atoms with E-state index < -0.39 is 17.6 Å². The van der Waals surface area contributed by atoms with E-state index in [9.17, 15) is 18.0 Å². The monoisotopic (exact) mass is 586 g/mol. The van der Waals surface area contributed by atoms with E-state index in [-0.39, 0.29) is 18.0 Å². The summed E-state index contributed by atoms with van der Waals surface area (Å²) in [4.78, 5) is 26.3. The first-order valence-electron chi connectivity index (χ1n) is 13.8. The molecule has 1 aliphatic carbocycles. The summed E-state index contributed by atoms with van der Waals surface area (Å²) in [5.41, 5.74) is 2.27. The summed E-state index contributed by atoms with van der Waals surface area (Å²) >= 11 is 0. The maximum Gasteiger partial charge on any atom is 0.394 e.